The number of allylic oxidation sites excluding steroid dienone is 30. The van der Waals surface area contributed by atoms with Gasteiger partial charge in [0.2, 0.25) is 0 Å². The number of carboxylic acids is 1. The third-order valence-corrected chi connectivity index (χ3v) is 14.1. The van der Waals surface area contributed by atoms with Gasteiger partial charge >= 0.3 is 11.9 Å². The molecule has 2 atom stereocenters. The van der Waals surface area contributed by atoms with Gasteiger partial charge in [-0.1, -0.05) is 280 Å². The monoisotopic (exact) mass is 1230 g/mol. The fourth-order valence-electron chi connectivity index (χ4n) is 8.88. The molecule has 0 fully saturated rings. The van der Waals surface area contributed by atoms with Crippen LogP contribution in [0.15, 0.2) is 182 Å². The fraction of sp³-hybridized carbons (Fsp3) is 0.588. The molecular weight excluding hydrogens is 1100 g/mol. The number of esters is 2. The van der Waals surface area contributed by atoms with Gasteiger partial charge in [-0.25, -0.2) is 0 Å². The third kappa shape index (κ3) is 69.7. The minimum atomic E-state index is -1.64. The van der Waals surface area contributed by atoms with Gasteiger partial charge in [0.05, 0.1) is 40.3 Å². The first-order chi connectivity index (χ1) is 43.6. The predicted molar refractivity (Wildman–Crippen MR) is 379 cm³/mol. The number of rotatable bonds is 62. The highest BCUT2D eigenvalue weighted by molar-refractivity contribution is 5.70. The molecule has 0 bridgehead atoms. The molecule has 0 rings (SSSR count). The Hall–Kier alpha value is -5.61. The van der Waals surface area contributed by atoms with Crippen LogP contribution in [0.4, 0.5) is 0 Å². The number of hydrogen-bond donors (Lipinski definition) is 0. The highest BCUT2D eigenvalue weighted by Crippen LogP contribution is 2.15. The lowest BCUT2D eigenvalue weighted by atomic mass is 10.1. The molecule has 0 spiro atoms. The van der Waals surface area contributed by atoms with Crippen molar-refractivity contribution in [2.24, 2.45) is 0 Å². The Labute approximate surface area is 545 Å². The first-order valence-electron chi connectivity index (χ1n) is 34.9. The second-order valence-electron chi connectivity index (χ2n) is 23.7. The van der Waals surface area contributed by atoms with Crippen molar-refractivity contribution in [3.05, 3.63) is 182 Å². The summed E-state index contributed by atoms with van der Waals surface area (Å²) in [4.78, 5) is 37.5. The van der Waals surface area contributed by atoms with E-state index in [-0.39, 0.29) is 38.6 Å². The van der Waals surface area contributed by atoms with Gasteiger partial charge in [0, 0.05) is 12.8 Å². The lowest BCUT2D eigenvalue weighted by molar-refractivity contribution is -0.870. The molecule has 89 heavy (non-hydrogen) atoms. The van der Waals surface area contributed by atoms with Gasteiger partial charge in [0.25, 0.3) is 0 Å². The lowest BCUT2D eigenvalue weighted by Crippen LogP contribution is -2.44. The van der Waals surface area contributed by atoms with E-state index in [0.717, 1.165) is 154 Å². The maximum Gasteiger partial charge on any atom is 0.306 e. The van der Waals surface area contributed by atoms with Crippen LogP contribution in [0, 0.1) is 0 Å². The molecule has 0 radical (unpaired) electrons. The van der Waals surface area contributed by atoms with Crippen LogP contribution in [0.5, 0.6) is 0 Å². The lowest BCUT2D eigenvalue weighted by Gasteiger charge is -2.26. The zero-order valence-electron chi connectivity index (χ0n) is 57.0. The van der Waals surface area contributed by atoms with E-state index in [1.807, 2.05) is 21.1 Å². The fourth-order valence-corrected chi connectivity index (χ4v) is 8.88. The van der Waals surface area contributed by atoms with Gasteiger partial charge in [-0.2, -0.15) is 0 Å². The van der Waals surface area contributed by atoms with Crippen LogP contribution >= 0.6 is 0 Å². The van der Waals surface area contributed by atoms with Gasteiger partial charge in [0.15, 0.2) is 12.4 Å². The summed E-state index contributed by atoms with van der Waals surface area (Å²) in [7, 11) is 5.91. The van der Waals surface area contributed by atoms with Gasteiger partial charge < -0.3 is 33.3 Å². The SMILES string of the molecule is CC/C=C\C/C=C\C/C=C\C/C=C\C/C=C\C/C=C\C/C=C\C/C=C\CCCCCCCCCCC(=O)OC(COC(=O)CCCCCCCCCCC/C=C\C/C=C\C/C=C\C/C=C\C/C=C\C/C=C\C/C=C\CC)COC(OCC[N+](C)(C)C)C(=O)[O-]. The average Bonchev–Trinajstić information content (AvgIpc) is 3.64. The number of unbranched alkanes of at least 4 members (excludes halogenated alkanes) is 17. The smallest absolute Gasteiger partial charge is 0.306 e. The van der Waals surface area contributed by atoms with Crippen molar-refractivity contribution in [1.29, 1.82) is 0 Å². The zero-order chi connectivity index (χ0) is 64.7. The van der Waals surface area contributed by atoms with Gasteiger partial charge in [-0.15, -0.1) is 0 Å². The molecule has 0 heterocycles. The molecule has 0 aliphatic heterocycles. The number of carboxylic acid groups (broad SMARTS) is 1. The topological polar surface area (TPSA) is 111 Å². The number of ether oxygens (including phenoxy) is 4. The summed E-state index contributed by atoms with van der Waals surface area (Å²) < 4.78 is 22.8. The number of carbonyl (C=O) groups excluding carboxylic acids is 3. The second-order valence-corrected chi connectivity index (χ2v) is 23.7. The largest absolute Gasteiger partial charge is 0.545 e. The van der Waals surface area contributed by atoms with Gasteiger partial charge in [-0.3, -0.25) is 9.59 Å². The summed E-state index contributed by atoms with van der Waals surface area (Å²) in [6.07, 6.45) is 101. The number of likely N-dealkylation sites (N-methyl/N-ethyl adjacent to an activating group) is 1. The Balaban J connectivity index is 4.24. The maximum atomic E-state index is 12.9. The molecule has 0 aromatic rings. The van der Waals surface area contributed by atoms with Crippen molar-refractivity contribution >= 4 is 17.9 Å². The van der Waals surface area contributed by atoms with E-state index in [9.17, 15) is 19.5 Å². The molecule has 0 N–H and O–H groups in total. The minimum Gasteiger partial charge on any atom is -0.545 e. The normalized spacial score (nSPS) is 13.9. The van der Waals surface area contributed by atoms with E-state index in [2.05, 4.69) is 196 Å². The van der Waals surface area contributed by atoms with Crippen LogP contribution in [-0.2, 0) is 33.3 Å². The van der Waals surface area contributed by atoms with Crippen molar-refractivity contribution in [2.75, 3.05) is 47.5 Å². The van der Waals surface area contributed by atoms with E-state index in [1.54, 1.807) is 0 Å². The molecule has 0 saturated carbocycles. The van der Waals surface area contributed by atoms with E-state index in [1.165, 1.54) is 57.8 Å². The highest BCUT2D eigenvalue weighted by atomic mass is 16.7. The summed E-state index contributed by atoms with van der Waals surface area (Å²) in [6.45, 7) is 4.48. The summed E-state index contributed by atoms with van der Waals surface area (Å²) in [5.41, 5.74) is 0. The zero-order valence-corrected chi connectivity index (χ0v) is 57.0. The first kappa shape index (κ1) is 83.4. The molecule has 0 amide bonds. The van der Waals surface area contributed by atoms with Crippen LogP contribution in [0.1, 0.15) is 245 Å². The summed E-state index contributed by atoms with van der Waals surface area (Å²) >= 11 is 0. The van der Waals surface area contributed by atoms with Crippen molar-refractivity contribution in [1.82, 2.24) is 0 Å². The maximum absolute atomic E-state index is 12.9. The molecule has 0 aliphatic rings. The quantitative estimate of drug-likeness (QED) is 0.0195. The Morgan fingerprint density at radius 1 is 0.337 bits per heavy atom. The second kappa shape index (κ2) is 68.3. The molecule has 0 aromatic heterocycles. The number of quaternary nitrogens is 1. The van der Waals surface area contributed by atoms with Gasteiger partial charge in [0.1, 0.15) is 13.2 Å². The molecular formula is C80H127NO8. The molecule has 9 nitrogen and oxygen atoms in total. The van der Waals surface area contributed by atoms with Crippen molar-refractivity contribution in [2.45, 2.75) is 257 Å². The van der Waals surface area contributed by atoms with E-state index in [0.29, 0.717) is 17.4 Å². The van der Waals surface area contributed by atoms with Gasteiger partial charge in [-0.05, 0) is 135 Å². The van der Waals surface area contributed by atoms with E-state index in [4.69, 9.17) is 18.9 Å². The van der Waals surface area contributed by atoms with E-state index >= 15 is 0 Å². The van der Waals surface area contributed by atoms with Crippen LogP contribution in [0.25, 0.3) is 0 Å². The third-order valence-electron chi connectivity index (χ3n) is 14.1. The van der Waals surface area contributed by atoms with Crippen LogP contribution < -0.4 is 5.11 Å². The molecule has 0 aromatic carbocycles. The summed E-state index contributed by atoms with van der Waals surface area (Å²) in [5.74, 6) is -2.32. The Kier molecular flexibility index (Phi) is 64.0. The van der Waals surface area contributed by atoms with E-state index < -0.39 is 24.3 Å². The first-order valence-corrected chi connectivity index (χ1v) is 34.9. The average molecular weight is 1230 g/mol. The minimum absolute atomic E-state index is 0.135. The number of carbonyl (C=O) groups is 3. The standard InChI is InChI=1S/C80H127NO8/c1-6-8-10-12-14-16-18-20-22-24-26-28-30-32-34-36-38-39-41-43-45-47-49-51-53-55-57-59-61-63-65-67-69-71-78(83)89-76(75-88-80(79(84)85)86-73-72-81(3,4)5)74-87-77(82)70-68-66-64-62-60-58-56-54-52-50-48-46-44-42-40-37-35-33-31-29-27-25-23-21-19-17-15-13-11-9-7-2/h8-11,14-17,20-23,26-29,32-35,38-40,42-43,45-46,48-49,51,76,80H,6-7,12-13,18-19,24-25,30-31,36-37,41,44,47,50,52-75H2,1-5H3/b10-8-,11-9-,16-14-,17-15-,22-20-,23-21-,28-26-,29-27-,34-32-,35-33-,39-38-,42-40-,45-43-,48-46-,51-49-. The van der Waals surface area contributed by atoms with Crippen molar-refractivity contribution in [3.8, 4) is 0 Å². The summed E-state index contributed by atoms with van der Waals surface area (Å²) in [5, 5.41) is 11.8. The molecule has 2 unspecified atom stereocenters. The van der Waals surface area contributed by atoms with Crippen molar-refractivity contribution < 1.29 is 42.9 Å². The van der Waals surface area contributed by atoms with Crippen LogP contribution in [0.2, 0.25) is 0 Å². The Bertz CT molecular complexity index is 2120. The van der Waals surface area contributed by atoms with Crippen LogP contribution in [0.3, 0.4) is 0 Å². The predicted octanol–water partition coefficient (Wildman–Crippen LogP) is 20.7. The Morgan fingerprint density at radius 2 is 0.607 bits per heavy atom. The van der Waals surface area contributed by atoms with Crippen molar-refractivity contribution in [3.63, 3.8) is 0 Å². The number of aliphatic carboxylic acids is 1. The number of nitrogens with zero attached hydrogens (tertiary/aromatic N) is 1. The molecule has 0 saturated heterocycles. The molecule has 500 valence electrons. The highest BCUT2D eigenvalue weighted by Gasteiger charge is 2.22. The molecule has 9 heteroatoms. The molecule has 0 aliphatic carbocycles. The summed E-state index contributed by atoms with van der Waals surface area (Å²) in [6, 6.07) is 0. The van der Waals surface area contributed by atoms with Crippen LogP contribution in [-0.4, -0.2) is 82.3 Å². The Morgan fingerprint density at radius 3 is 0.899 bits per heavy atom. The number of hydrogen-bond acceptors (Lipinski definition) is 8.